The van der Waals surface area contributed by atoms with Crippen molar-refractivity contribution in [2.75, 3.05) is 5.73 Å². The number of nitrogens with two attached hydrogens (primary N) is 1. The minimum Gasteiger partial charge on any atom is -0.398 e. The second kappa shape index (κ2) is 5.81. The number of fused-ring (bicyclic) bond motifs is 1. The molecule has 0 atom stereocenters. The van der Waals surface area contributed by atoms with Crippen LogP contribution in [0.4, 0.5) is 5.69 Å². The van der Waals surface area contributed by atoms with Crippen molar-refractivity contribution in [2.24, 2.45) is 0 Å². The van der Waals surface area contributed by atoms with Crippen LogP contribution >= 0.6 is 0 Å². The number of carbonyl (C=O) groups excluding carboxylic acids is 1. The second-order valence-electron chi connectivity index (χ2n) is 5.10. The molecule has 5 nitrogen and oxygen atoms in total. The molecule has 0 saturated heterocycles. The molecule has 1 amide bonds. The van der Waals surface area contributed by atoms with Crippen molar-refractivity contribution in [2.45, 2.75) is 13.5 Å². The standard InChI is InChI=1S/C17H16N4O/c1-11-8-20-16(13-5-2-6-14(18)15(11)13)17(22)21-10-12-4-3-7-19-9-12/h2-9H,10,18H2,1H3,(H,21,22). The van der Waals surface area contributed by atoms with Gasteiger partial charge in [0, 0.05) is 41.6 Å². The maximum absolute atomic E-state index is 12.4. The topological polar surface area (TPSA) is 80.9 Å². The van der Waals surface area contributed by atoms with Crippen LogP contribution < -0.4 is 11.1 Å². The van der Waals surface area contributed by atoms with Crippen molar-refractivity contribution < 1.29 is 4.79 Å². The highest BCUT2D eigenvalue weighted by molar-refractivity contribution is 6.08. The van der Waals surface area contributed by atoms with Gasteiger partial charge < -0.3 is 11.1 Å². The molecule has 0 aliphatic rings. The summed E-state index contributed by atoms with van der Waals surface area (Å²) in [6.45, 7) is 2.34. The summed E-state index contributed by atoms with van der Waals surface area (Å²) in [7, 11) is 0. The molecular formula is C17H16N4O. The number of hydrogen-bond donors (Lipinski definition) is 2. The summed E-state index contributed by atoms with van der Waals surface area (Å²) in [4.78, 5) is 20.7. The molecule has 0 bridgehead atoms. The molecule has 0 radical (unpaired) electrons. The number of pyridine rings is 2. The van der Waals surface area contributed by atoms with Crippen molar-refractivity contribution in [1.82, 2.24) is 15.3 Å². The molecule has 0 fully saturated rings. The number of anilines is 1. The summed E-state index contributed by atoms with van der Waals surface area (Å²) in [5.74, 6) is -0.223. The highest BCUT2D eigenvalue weighted by Gasteiger charge is 2.14. The van der Waals surface area contributed by atoms with Gasteiger partial charge in [-0.3, -0.25) is 14.8 Å². The van der Waals surface area contributed by atoms with Gasteiger partial charge in [0.15, 0.2) is 0 Å². The van der Waals surface area contributed by atoms with Gasteiger partial charge in [-0.2, -0.15) is 0 Å². The lowest BCUT2D eigenvalue weighted by molar-refractivity contribution is 0.0948. The number of nitrogens with zero attached hydrogens (tertiary/aromatic N) is 2. The molecule has 3 rings (SSSR count). The van der Waals surface area contributed by atoms with Crippen molar-refractivity contribution in [1.29, 1.82) is 0 Å². The summed E-state index contributed by atoms with van der Waals surface area (Å²) >= 11 is 0. The molecule has 5 heteroatoms. The number of hydrogen-bond acceptors (Lipinski definition) is 4. The smallest absolute Gasteiger partial charge is 0.270 e. The quantitative estimate of drug-likeness (QED) is 0.727. The average Bonchev–Trinajstić information content (AvgIpc) is 2.54. The first-order chi connectivity index (χ1) is 10.7. The van der Waals surface area contributed by atoms with Gasteiger partial charge in [-0.25, -0.2) is 0 Å². The SMILES string of the molecule is Cc1cnc(C(=O)NCc2cccnc2)c2cccc(N)c12. The van der Waals surface area contributed by atoms with Crippen LogP contribution in [-0.4, -0.2) is 15.9 Å². The van der Waals surface area contributed by atoms with Crippen molar-refractivity contribution in [3.05, 3.63) is 65.7 Å². The van der Waals surface area contributed by atoms with Crippen LogP contribution in [0, 0.1) is 6.92 Å². The first-order valence-corrected chi connectivity index (χ1v) is 6.97. The molecule has 0 saturated carbocycles. The van der Waals surface area contributed by atoms with Crippen LogP contribution in [0.2, 0.25) is 0 Å². The highest BCUT2D eigenvalue weighted by Crippen LogP contribution is 2.26. The van der Waals surface area contributed by atoms with E-state index < -0.39 is 0 Å². The maximum Gasteiger partial charge on any atom is 0.270 e. The lowest BCUT2D eigenvalue weighted by Crippen LogP contribution is -2.24. The predicted molar refractivity (Wildman–Crippen MR) is 86.3 cm³/mol. The van der Waals surface area contributed by atoms with Crippen molar-refractivity contribution >= 4 is 22.4 Å². The number of amides is 1. The highest BCUT2D eigenvalue weighted by atomic mass is 16.1. The van der Waals surface area contributed by atoms with Crippen LogP contribution in [-0.2, 0) is 6.54 Å². The van der Waals surface area contributed by atoms with Crippen LogP contribution in [0.15, 0.2) is 48.9 Å². The van der Waals surface area contributed by atoms with E-state index in [4.69, 9.17) is 5.73 Å². The zero-order valence-electron chi connectivity index (χ0n) is 12.2. The summed E-state index contributed by atoms with van der Waals surface area (Å²) in [6.07, 6.45) is 5.10. The fourth-order valence-electron chi connectivity index (χ4n) is 2.45. The van der Waals surface area contributed by atoms with E-state index in [1.807, 2.05) is 37.3 Å². The molecule has 0 spiro atoms. The van der Waals surface area contributed by atoms with Gasteiger partial charge in [0.1, 0.15) is 5.69 Å². The van der Waals surface area contributed by atoms with Crippen LogP contribution in [0.3, 0.4) is 0 Å². The zero-order valence-corrected chi connectivity index (χ0v) is 12.2. The first kappa shape index (κ1) is 14.0. The summed E-state index contributed by atoms with van der Waals surface area (Å²) in [5, 5.41) is 4.51. The Hall–Kier alpha value is -2.95. The average molecular weight is 292 g/mol. The van der Waals surface area contributed by atoms with E-state index in [0.717, 1.165) is 21.9 Å². The Labute approximate surface area is 128 Å². The fraction of sp³-hybridized carbons (Fsp3) is 0.118. The number of nitrogen functional groups attached to an aromatic ring is 1. The molecule has 3 N–H and O–H groups in total. The zero-order chi connectivity index (χ0) is 15.5. The summed E-state index contributed by atoms with van der Waals surface area (Å²) in [6, 6.07) is 9.27. The Balaban J connectivity index is 1.92. The first-order valence-electron chi connectivity index (χ1n) is 6.97. The number of aromatic nitrogens is 2. The Morgan fingerprint density at radius 3 is 2.86 bits per heavy atom. The minimum absolute atomic E-state index is 0.223. The van der Waals surface area contributed by atoms with Crippen LogP contribution in [0.1, 0.15) is 21.6 Å². The molecule has 0 unspecified atom stereocenters. The number of rotatable bonds is 3. The van der Waals surface area contributed by atoms with E-state index in [9.17, 15) is 4.79 Å². The minimum atomic E-state index is -0.223. The molecule has 22 heavy (non-hydrogen) atoms. The number of benzene rings is 1. The van der Waals surface area contributed by atoms with Gasteiger partial charge in [-0.15, -0.1) is 0 Å². The van der Waals surface area contributed by atoms with Crippen molar-refractivity contribution in [3.8, 4) is 0 Å². The molecule has 110 valence electrons. The monoisotopic (exact) mass is 292 g/mol. The second-order valence-corrected chi connectivity index (χ2v) is 5.10. The predicted octanol–water partition coefficient (Wildman–Crippen LogP) is 2.45. The van der Waals surface area contributed by atoms with E-state index >= 15 is 0 Å². The normalized spacial score (nSPS) is 10.6. The molecule has 2 aromatic heterocycles. The fourth-order valence-corrected chi connectivity index (χ4v) is 2.45. The molecule has 2 heterocycles. The number of nitrogens with one attached hydrogen (secondary N) is 1. The lowest BCUT2D eigenvalue weighted by atomic mass is 10.0. The summed E-state index contributed by atoms with van der Waals surface area (Å²) in [5.41, 5.74) is 8.95. The van der Waals surface area contributed by atoms with E-state index in [1.54, 1.807) is 18.6 Å². The third-order valence-electron chi connectivity index (χ3n) is 3.52. The van der Waals surface area contributed by atoms with Crippen molar-refractivity contribution in [3.63, 3.8) is 0 Å². The van der Waals surface area contributed by atoms with Crippen LogP contribution in [0.25, 0.3) is 10.8 Å². The van der Waals surface area contributed by atoms with Crippen LogP contribution in [0.5, 0.6) is 0 Å². The van der Waals surface area contributed by atoms with Gasteiger partial charge in [0.25, 0.3) is 5.91 Å². The Morgan fingerprint density at radius 2 is 2.09 bits per heavy atom. The Bertz CT molecular complexity index is 822. The number of aryl methyl sites for hydroxylation is 1. The van der Waals surface area contributed by atoms with Gasteiger partial charge in [0.2, 0.25) is 0 Å². The summed E-state index contributed by atoms with van der Waals surface area (Å²) < 4.78 is 0. The Kier molecular flexibility index (Phi) is 3.70. The van der Waals surface area contributed by atoms with E-state index in [1.165, 1.54) is 0 Å². The molecule has 1 aromatic carbocycles. The van der Waals surface area contributed by atoms with Gasteiger partial charge in [-0.1, -0.05) is 18.2 Å². The van der Waals surface area contributed by atoms with Gasteiger partial charge >= 0.3 is 0 Å². The van der Waals surface area contributed by atoms with Gasteiger partial charge in [-0.05, 0) is 30.2 Å². The third-order valence-corrected chi connectivity index (χ3v) is 3.52. The lowest BCUT2D eigenvalue weighted by Gasteiger charge is -2.10. The third kappa shape index (κ3) is 2.61. The molecule has 0 aliphatic carbocycles. The van der Waals surface area contributed by atoms with E-state index in [2.05, 4.69) is 15.3 Å². The molecule has 0 aliphatic heterocycles. The largest absolute Gasteiger partial charge is 0.398 e. The maximum atomic E-state index is 12.4. The Morgan fingerprint density at radius 1 is 1.23 bits per heavy atom. The van der Waals surface area contributed by atoms with Gasteiger partial charge in [0.05, 0.1) is 0 Å². The van der Waals surface area contributed by atoms with E-state index in [0.29, 0.717) is 17.9 Å². The molecular weight excluding hydrogens is 276 g/mol. The molecule has 3 aromatic rings. The van der Waals surface area contributed by atoms with E-state index in [-0.39, 0.29) is 5.91 Å². The number of carbonyl (C=O) groups is 1.